The van der Waals surface area contributed by atoms with Crippen molar-refractivity contribution in [2.24, 2.45) is 5.73 Å². The number of carbonyl (C=O) groups excluding carboxylic acids is 2. The number of rotatable bonds is 5. The minimum absolute atomic E-state index is 0.109. The van der Waals surface area contributed by atoms with Crippen molar-refractivity contribution < 1.29 is 9.59 Å². The van der Waals surface area contributed by atoms with Gasteiger partial charge in [-0.3, -0.25) is 14.6 Å². The van der Waals surface area contributed by atoms with E-state index in [0.717, 1.165) is 5.69 Å². The number of hydrogen-bond donors (Lipinski definition) is 3. The zero-order valence-corrected chi connectivity index (χ0v) is 9.86. The van der Waals surface area contributed by atoms with Crippen molar-refractivity contribution >= 4 is 17.5 Å². The molecule has 1 rings (SSSR count). The summed E-state index contributed by atoms with van der Waals surface area (Å²) in [5, 5.41) is 5.56. The molecule has 1 aromatic rings. The normalized spacial score (nSPS) is 11.6. The van der Waals surface area contributed by atoms with Gasteiger partial charge >= 0.3 is 0 Å². The molecule has 0 spiro atoms. The van der Waals surface area contributed by atoms with Crippen LogP contribution in [0.25, 0.3) is 0 Å². The Morgan fingerprint density at radius 3 is 2.82 bits per heavy atom. The van der Waals surface area contributed by atoms with Crippen LogP contribution in [-0.2, 0) is 4.79 Å². The van der Waals surface area contributed by atoms with Gasteiger partial charge in [0.15, 0.2) is 0 Å². The first-order chi connectivity index (χ1) is 8.02. The summed E-state index contributed by atoms with van der Waals surface area (Å²) in [7, 11) is 1.76. The number of nitrogens with one attached hydrogen (secondary N) is 2. The molecule has 2 amide bonds. The second-order valence-corrected chi connectivity index (χ2v) is 3.72. The second-order valence-electron chi connectivity index (χ2n) is 3.72. The molecule has 0 bridgehead atoms. The van der Waals surface area contributed by atoms with Crippen LogP contribution >= 0.6 is 0 Å². The van der Waals surface area contributed by atoms with Crippen molar-refractivity contribution in [3.05, 3.63) is 24.0 Å². The van der Waals surface area contributed by atoms with Crippen molar-refractivity contribution in [1.82, 2.24) is 10.3 Å². The number of pyridine rings is 1. The lowest BCUT2D eigenvalue weighted by Gasteiger charge is -2.11. The Labute approximate surface area is 99.6 Å². The maximum absolute atomic E-state index is 11.8. The lowest BCUT2D eigenvalue weighted by atomic mass is 10.2. The maximum Gasteiger partial charge on any atom is 0.270 e. The number of nitrogens with two attached hydrogens (primary N) is 1. The quantitative estimate of drug-likeness (QED) is 0.676. The SMILES string of the molecule is CNc1ccnc(C(=O)NC(C)CC(N)=O)c1. The van der Waals surface area contributed by atoms with Gasteiger partial charge in [0, 0.05) is 31.4 Å². The Hall–Kier alpha value is -2.11. The van der Waals surface area contributed by atoms with Crippen molar-refractivity contribution in [3.63, 3.8) is 0 Å². The van der Waals surface area contributed by atoms with Crippen LogP contribution in [0.3, 0.4) is 0 Å². The number of amides is 2. The first kappa shape index (κ1) is 13.0. The monoisotopic (exact) mass is 236 g/mol. The van der Waals surface area contributed by atoms with E-state index >= 15 is 0 Å². The van der Waals surface area contributed by atoms with E-state index in [-0.39, 0.29) is 18.4 Å². The van der Waals surface area contributed by atoms with Crippen LogP contribution in [-0.4, -0.2) is 29.9 Å². The van der Waals surface area contributed by atoms with Gasteiger partial charge in [0.25, 0.3) is 5.91 Å². The van der Waals surface area contributed by atoms with Gasteiger partial charge in [-0.1, -0.05) is 0 Å². The minimum atomic E-state index is -0.449. The molecular formula is C11H16N4O2. The lowest BCUT2D eigenvalue weighted by molar-refractivity contribution is -0.118. The smallest absolute Gasteiger partial charge is 0.270 e. The Kier molecular flexibility index (Phi) is 4.45. The van der Waals surface area contributed by atoms with Crippen LogP contribution in [0.5, 0.6) is 0 Å². The molecule has 17 heavy (non-hydrogen) atoms. The molecule has 0 aromatic carbocycles. The first-order valence-electron chi connectivity index (χ1n) is 5.26. The third kappa shape index (κ3) is 4.10. The van der Waals surface area contributed by atoms with Crippen LogP contribution in [0, 0.1) is 0 Å². The number of carbonyl (C=O) groups is 2. The highest BCUT2D eigenvalue weighted by atomic mass is 16.2. The van der Waals surface area contributed by atoms with Gasteiger partial charge in [-0.05, 0) is 19.1 Å². The zero-order chi connectivity index (χ0) is 12.8. The summed E-state index contributed by atoms with van der Waals surface area (Å²) < 4.78 is 0. The Balaban J connectivity index is 2.66. The Morgan fingerprint density at radius 1 is 1.53 bits per heavy atom. The van der Waals surface area contributed by atoms with Crippen LogP contribution in [0.4, 0.5) is 5.69 Å². The van der Waals surface area contributed by atoms with E-state index in [9.17, 15) is 9.59 Å². The third-order valence-corrected chi connectivity index (χ3v) is 2.17. The van der Waals surface area contributed by atoms with Crippen molar-refractivity contribution in [3.8, 4) is 0 Å². The lowest BCUT2D eigenvalue weighted by Crippen LogP contribution is -2.36. The molecule has 0 aliphatic rings. The molecule has 0 fully saturated rings. The summed E-state index contributed by atoms with van der Waals surface area (Å²) in [6, 6.07) is 3.08. The fourth-order valence-electron chi connectivity index (χ4n) is 1.36. The number of anilines is 1. The van der Waals surface area contributed by atoms with E-state index in [4.69, 9.17) is 5.73 Å². The van der Waals surface area contributed by atoms with E-state index < -0.39 is 5.91 Å². The molecule has 4 N–H and O–H groups in total. The number of primary amides is 1. The van der Waals surface area contributed by atoms with Gasteiger partial charge in [-0.15, -0.1) is 0 Å². The van der Waals surface area contributed by atoms with E-state index in [2.05, 4.69) is 15.6 Å². The fraction of sp³-hybridized carbons (Fsp3) is 0.364. The molecule has 92 valence electrons. The van der Waals surface area contributed by atoms with Gasteiger partial charge in [-0.2, -0.15) is 0 Å². The summed E-state index contributed by atoms with van der Waals surface area (Å²) >= 11 is 0. The highest BCUT2D eigenvalue weighted by Crippen LogP contribution is 2.06. The van der Waals surface area contributed by atoms with Gasteiger partial charge < -0.3 is 16.4 Å². The molecule has 0 aliphatic carbocycles. The predicted octanol–water partition coefficient (Wildman–Crippen LogP) is 0.117. The fourth-order valence-corrected chi connectivity index (χ4v) is 1.36. The molecule has 1 atom stereocenters. The largest absolute Gasteiger partial charge is 0.388 e. The summed E-state index contributed by atoms with van der Waals surface area (Å²) in [5.41, 5.74) is 6.14. The summed E-state index contributed by atoms with van der Waals surface area (Å²) in [4.78, 5) is 26.4. The summed E-state index contributed by atoms with van der Waals surface area (Å²) in [5.74, 6) is -0.773. The molecule has 0 radical (unpaired) electrons. The second kappa shape index (κ2) is 5.83. The highest BCUT2D eigenvalue weighted by molar-refractivity contribution is 5.93. The summed E-state index contributed by atoms with van der Waals surface area (Å²) in [6.07, 6.45) is 1.65. The van der Waals surface area contributed by atoms with Crippen molar-refractivity contribution in [1.29, 1.82) is 0 Å². The molecule has 6 nitrogen and oxygen atoms in total. The summed E-state index contributed by atoms with van der Waals surface area (Å²) in [6.45, 7) is 1.71. The zero-order valence-electron chi connectivity index (χ0n) is 9.86. The van der Waals surface area contributed by atoms with Gasteiger partial charge in [0.2, 0.25) is 5.91 Å². The topological polar surface area (TPSA) is 97.1 Å². The third-order valence-electron chi connectivity index (χ3n) is 2.17. The van der Waals surface area contributed by atoms with Crippen molar-refractivity contribution in [2.45, 2.75) is 19.4 Å². The molecule has 1 heterocycles. The highest BCUT2D eigenvalue weighted by Gasteiger charge is 2.12. The molecule has 1 unspecified atom stereocenters. The molecule has 1 aromatic heterocycles. The molecular weight excluding hydrogens is 220 g/mol. The van der Waals surface area contributed by atoms with E-state index in [1.54, 1.807) is 32.3 Å². The van der Waals surface area contributed by atoms with E-state index in [1.165, 1.54) is 0 Å². The van der Waals surface area contributed by atoms with E-state index in [1.807, 2.05) is 0 Å². The van der Waals surface area contributed by atoms with Gasteiger partial charge in [0.05, 0.1) is 0 Å². The first-order valence-corrected chi connectivity index (χ1v) is 5.26. The number of nitrogens with zero attached hydrogens (tertiary/aromatic N) is 1. The maximum atomic E-state index is 11.8. The van der Waals surface area contributed by atoms with Crippen LogP contribution in [0.15, 0.2) is 18.3 Å². The average molecular weight is 236 g/mol. The molecule has 0 saturated carbocycles. The van der Waals surface area contributed by atoms with E-state index in [0.29, 0.717) is 5.69 Å². The van der Waals surface area contributed by atoms with Crippen molar-refractivity contribution in [2.75, 3.05) is 12.4 Å². The number of aromatic nitrogens is 1. The standard InChI is InChI=1S/C11H16N4O2/c1-7(5-10(12)16)15-11(17)9-6-8(13-2)3-4-14-9/h3-4,6-7H,5H2,1-2H3,(H2,12,16)(H,13,14)(H,15,17). The Morgan fingerprint density at radius 2 is 2.24 bits per heavy atom. The van der Waals surface area contributed by atoms with Crippen LogP contribution in [0.1, 0.15) is 23.8 Å². The Bertz CT molecular complexity index is 420. The van der Waals surface area contributed by atoms with Gasteiger partial charge in [0.1, 0.15) is 5.69 Å². The van der Waals surface area contributed by atoms with Gasteiger partial charge in [-0.25, -0.2) is 0 Å². The van der Waals surface area contributed by atoms with Crippen LogP contribution < -0.4 is 16.4 Å². The molecule has 6 heteroatoms. The number of hydrogen-bond acceptors (Lipinski definition) is 4. The van der Waals surface area contributed by atoms with Crippen LogP contribution in [0.2, 0.25) is 0 Å². The molecule has 0 saturated heterocycles. The minimum Gasteiger partial charge on any atom is -0.388 e. The average Bonchev–Trinajstić information content (AvgIpc) is 2.27. The molecule has 0 aliphatic heterocycles. The predicted molar refractivity (Wildman–Crippen MR) is 64.5 cm³/mol.